The second-order valence-corrected chi connectivity index (χ2v) is 2.78. The number of carbonyl (C=O) groups is 1. The molecule has 0 spiro atoms. The molecule has 0 radical (unpaired) electrons. The van der Waals surface area contributed by atoms with Crippen molar-refractivity contribution in [1.29, 1.82) is 0 Å². The van der Waals surface area contributed by atoms with E-state index in [1.54, 1.807) is 0 Å². The Morgan fingerprint density at radius 1 is 1.50 bits per heavy atom. The summed E-state index contributed by atoms with van der Waals surface area (Å²) in [6.45, 7) is 3.85. The lowest BCUT2D eigenvalue weighted by Gasteiger charge is -2.31. The minimum absolute atomic E-state index is 0.264. The lowest BCUT2D eigenvalue weighted by Crippen LogP contribution is -2.35. The maximum absolute atomic E-state index is 10.0. The second-order valence-electron chi connectivity index (χ2n) is 2.78. The van der Waals surface area contributed by atoms with E-state index in [0.717, 1.165) is 12.8 Å². The summed E-state index contributed by atoms with van der Waals surface area (Å²) < 4.78 is 10.0. The maximum Gasteiger partial charge on any atom is 0.293 e. The molecule has 1 rings (SSSR count). The van der Waals surface area contributed by atoms with Gasteiger partial charge in [-0.2, -0.15) is 0 Å². The third kappa shape index (κ3) is 1.70. The summed E-state index contributed by atoms with van der Waals surface area (Å²) in [6, 6.07) is 0. The van der Waals surface area contributed by atoms with Crippen LogP contribution in [0.15, 0.2) is 0 Å². The Morgan fingerprint density at radius 2 is 2.10 bits per heavy atom. The van der Waals surface area contributed by atoms with Crippen molar-refractivity contribution in [2.45, 2.75) is 25.4 Å². The summed E-state index contributed by atoms with van der Waals surface area (Å²) in [7, 11) is 0. The van der Waals surface area contributed by atoms with E-state index in [1.165, 1.54) is 0 Å². The van der Waals surface area contributed by atoms with Crippen molar-refractivity contribution < 1.29 is 14.3 Å². The molecular formula is C7H12O3. The fourth-order valence-corrected chi connectivity index (χ4v) is 1.04. The number of hydrogen-bond acceptors (Lipinski definition) is 3. The average molecular weight is 144 g/mol. The van der Waals surface area contributed by atoms with Gasteiger partial charge in [-0.05, 0) is 6.92 Å². The van der Waals surface area contributed by atoms with Gasteiger partial charge >= 0.3 is 0 Å². The van der Waals surface area contributed by atoms with Crippen LogP contribution in [0.1, 0.15) is 19.8 Å². The molecule has 0 aliphatic carbocycles. The van der Waals surface area contributed by atoms with Crippen LogP contribution in [0.4, 0.5) is 0 Å². The van der Waals surface area contributed by atoms with Gasteiger partial charge in [-0.25, -0.2) is 0 Å². The number of hydrogen-bond donors (Lipinski definition) is 0. The summed E-state index contributed by atoms with van der Waals surface area (Å²) >= 11 is 0. The summed E-state index contributed by atoms with van der Waals surface area (Å²) in [6.07, 6.45) is 1.62. The van der Waals surface area contributed by atoms with Crippen LogP contribution < -0.4 is 0 Å². The van der Waals surface area contributed by atoms with Crippen molar-refractivity contribution >= 4 is 6.47 Å². The van der Waals surface area contributed by atoms with Crippen LogP contribution in [0.2, 0.25) is 0 Å². The molecule has 3 nitrogen and oxygen atoms in total. The summed E-state index contributed by atoms with van der Waals surface area (Å²) in [5.41, 5.74) is -0.264. The van der Waals surface area contributed by atoms with E-state index in [4.69, 9.17) is 9.47 Å². The highest BCUT2D eigenvalue weighted by molar-refractivity contribution is 5.38. The van der Waals surface area contributed by atoms with E-state index in [9.17, 15) is 4.79 Å². The van der Waals surface area contributed by atoms with E-state index >= 15 is 0 Å². The molecule has 1 heterocycles. The normalized spacial score (nSPS) is 23.7. The first-order chi connectivity index (χ1) is 4.77. The monoisotopic (exact) mass is 144 g/mol. The van der Waals surface area contributed by atoms with Crippen LogP contribution in [0.3, 0.4) is 0 Å². The molecule has 0 unspecified atom stereocenters. The van der Waals surface area contributed by atoms with E-state index in [2.05, 4.69) is 0 Å². The highest BCUT2D eigenvalue weighted by atomic mass is 16.5. The first-order valence-corrected chi connectivity index (χ1v) is 3.46. The van der Waals surface area contributed by atoms with Gasteiger partial charge in [0.05, 0.1) is 13.2 Å². The molecule has 0 aromatic heterocycles. The zero-order chi connectivity index (χ0) is 7.45. The van der Waals surface area contributed by atoms with Crippen molar-refractivity contribution in [2.24, 2.45) is 0 Å². The number of rotatable bonds is 2. The van der Waals surface area contributed by atoms with E-state index < -0.39 is 0 Å². The third-order valence-corrected chi connectivity index (χ3v) is 1.88. The molecule has 0 aromatic carbocycles. The minimum Gasteiger partial charge on any atom is -0.461 e. The Morgan fingerprint density at radius 3 is 2.60 bits per heavy atom. The van der Waals surface area contributed by atoms with Gasteiger partial charge < -0.3 is 9.47 Å². The third-order valence-electron chi connectivity index (χ3n) is 1.88. The predicted octanol–water partition coefficient (Wildman–Crippen LogP) is 0.728. The summed E-state index contributed by atoms with van der Waals surface area (Å²) in [5.74, 6) is 0. The molecular weight excluding hydrogens is 132 g/mol. The molecule has 1 fully saturated rings. The second kappa shape index (κ2) is 3.01. The summed E-state index contributed by atoms with van der Waals surface area (Å²) in [5, 5.41) is 0. The standard InChI is InChI=1S/C7H12O3/c1-7(10-6-8)2-4-9-5-3-7/h6H,2-5H2,1H3. The lowest BCUT2D eigenvalue weighted by molar-refractivity contribution is -0.150. The molecule has 1 aliphatic rings. The van der Waals surface area contributed by atoms with Crippen LogP contribution in [-0.4, -0.2) is 25.3 Å². The van der Waals surface area contributed by atoms with Crippen molar-refractivity contribution in [2.75, 3.05) is 13.2 Å². The van der Waals surface area contributed by atoms with Gasteiger partial charge in [0.25, 0.3) is 6.47 Å². The molecule has 0 N–H and O–H groups in total. The van der Waals surface area contributed by atoms with Crippen molar-refractivity contribution in [3.63, 3.8) is 0 Å². The van der Waals surface area contributed by atoms with Gasteiger partial charge in [0, 0.05) is 12.8 Å². The topological polar surface area (TPSA) is 35.5 Å². The Balaban J connectivity index is 2.39. The van der Waals surface area contributed by atoms with Crippen molar-refractivity contribution in [1.82, 2.24) is 0 Å². The SMILES string of the molecule is CC1(OC=O)CCOCC1. The Hall–Kier alpha value is -0.570. The highest BCUT2D eigenvalue weighted by Crippen LogP contribution is 2.22. The van der Waals surface area contributed by atoms with E-state index in [0.29, 0.717) is 19.7 Å². The summed E-state index contributed by atoms with van der Waals surface area (Å²) in [4.78, 5) is 10.0. The Bertz CT molecular complexity index is 116. The van der Waals surface area contributed by atoms with Gasteiger partial charge in [0.15, 0.2) is 0 Å². The van der Waals surface area contributed by atoms with E-state index in [-0.39, 0.29) is 5.60 Å². The molecule has 0 bridgehead atoms. The van der Waals surface area contributed by atoms with Gasteiger partial charge in [-0.3, -0.25) is 4.79 Å². The fourth-order valence-electron chi connectivity index (χ4n) is 1.04. The number of carbonyl (C=O) groups excluding carboxylic acids is 1. The molecule has 0 saturated carbocycles. The van der Waals surface area contributed by atoms with E-state index in [1.807, 2.05) is 6.92 Å². The molecule has 58 valence electrons. The molecule has 0 atom stereocenters. The van der Waals surface area contributed by atoms with Crippen LogP contribution >= 0.6 is 0 Å². The van der Waals surface area contributed by atoms with Gasteiger partial charge in [-0.1, -0.05) is 0 Å². The van der Waals surface area contributed by atoms with Crippen LogP contribution in [-0.2, 0) is 14.3 Å². The van der Waals surface area contributed by atoms with Crippen molar-refractivity contribution in [3.05, 3.63) is 0 Å². The zero-order valence-corrected chi connectivity index (χ0v) is 6.13. The lowest BCUT2D eigenvalue weighted by atomic mass is 9.97. The first kappa shape index (κ1) is 7.54. The zero-order valence-electron chi connectivity index (χ0n) is 6.13. The van der Waals surface area contributed by atoms with Crippen molar-refractivity contribution in [3.8, 4) is 0 Å². The number of ether oxygens (including phenoxy) is 2. The molecule has 0 amide bonds. The molecule has 3 heteroatoms. The minimum atomic E-state index is -0.264. The quantitative estimate of drug-likeness (QED) is 0.536. The van der Waals surface area contributed by atoms with Gasteiger partial charge in [0.2, 0.25) is 0 Å². The Labute approximate surface area is 60.3 Å². The smallest absolute Gasteiger partial charge is 0.293 e. The molecule has 1 saturated heterocycles. The Kier molecular flexibility index (Phi) is 2.27. The van der Waals surface area contributed by atoms with Crippen LogP contribution in [0, 0.1) is 0 Å². The maximum atomic E-state index is 10.0. The average Bonchev–Trinajstić information content (AvgIpc) is 1.89. The molecule has 0 aromatic rings. The van der Waals surface area contributed by atoms with Crippen LogP contribution in [0.25, 0.3) is 0 Å². The van der Waals surface area contributed by atoms with Gasteiger partial charge in [0.1, 0.15) is 5.60 Å². The first-order valence-electron chi connectivity index (χ1n) is 3.46. The molecule has 10 heavy (non-hydrogen) atoms. The molecule has 1 aliphatic heterocycles. The largest absolute Gasteiger partial charge is 0.461 e. The highest BCUT2D eigenvalue weighted by Gasteiger charge is 2.28. The van der Waals surface area contributed by atoms with Gasteiger partial charge in [-0.15, -0.1) is 0 Å². The predicted molar refractivity (Wildman–Crippen MR) is 35.6 cm³/mol. The van der Waals surface area contributed by atoms with Crippen LogP contribution in [0.5, 0.6) is 0 Å². The fraction of sp³-hybridized carbons (Fsp3) is 0.857.